The fourth-order valence-corrected chi connectivity index (χ4v) is 4.16. The fourth-order valence-electron chi connectivity index (χ4n) is 4.16. The number of allylic oxidation sites excluding steroid dienone is 1. The topological polar surface area (TPSA) is 35.6 Å². The minimum atomic E-state index is -1.01. The van der Waals surface area contributed by atoms with Crippen LogP contribution in [0.15, 0.2) is 54.6 Å². The highest BCUT2D eigenvalue weighted by Crippen LogP contribution is 2.38. The molecule has 1 heterocycles. The highest BCUT2D eigenvalue weighted by atomic mass is 19.1. The lowest BCUT2D eigenvalue weighted by molar-refractivity contribution is -0.130. The Kier molecular flexibility index (Phi) is 5.23. The molecule has 1 aliphatic heterocycles. The van der Waals surface area contributed by atoms with Crippen molar-refractivity contribution in [2.24, 2.45) is 5.92 Å². The van der Waals surface area contributed by atoms with Crippen molar-refractivity contribution in [2.45, 2.75) is 18.5 Å². The van der Waals surface area contributed by atoms with Gasteiger partial charge in [-0.1, -0.05) is 54.6 Å². The Morgan fingerprint density at radius 1 is 1.04 bits per heavy atom. The van der Waals surface area contributed by atoms with Crippen LogP contribution in [0.25, 0.3) is 10.8 Å². The van der Waals surface area contributed by atoms with Crippen LogP contribution in [0.1, 0.15) is 17.9 Å². The molecule has 0 aromatic heterocycles. The smallest absolute Gasteiger partial charge is 0.241 e. The van der Waals surface area contributed by atoms with Gasteiger partial charge < -0.3 is 4.90 Å². The SMILES string of the molecule is CN1CCN(NC(=O)C2C=CC(F)CC2c2cccc3ccccc23)CC1. The molecular formula is C22H26FN3O. The molecule has 4 nitrogen and oxygen atoms in total. The lowest BCUT2D eigenvalue weighted by atomic mass is 9.76. The summed E-state index contributed by atoms with van der Waals surface area (Å²) in [7, 11) is 2.08. The number of nitrogens with one attached hydrogen (secondary N) is 1. The molecule has 4 rings (SSSR count). The van der Waals surface area contributed by atoms with Crippen molar-refractivity contribution in [1.29, 1.82) is 0 Å². The minimum absolute atomic E-state index is 0.0411. The Labute approximate surface area is 159 Å². The van der Waals surface area contributed by atoms with Gasteiger partial charge in [-0.15, -0.1) is 0 Å². The summed E-state index contributed by atoms with van der Waals surface area (Å²) >= 11 is 0. The van der Waals surface area contributed by atoms with Gasteiger partial charge in [0, 0.05) is 32.1 Å². The largest absolute Gasteiger partial charge is 0.304 e. The van der Waals surface area contributed by atoms with Crippen LogP contribution in [0.2, 0.25) is 0 Å². The van der Waals surface area contributed by atoms with Crippen molar-refractivity contribution < 1.29 is 9.18 Å². The third-order valence-corrected chi connectivity index (χ3v) is 5.74. The van der Waals surface area contributed by atoms with Crippen LogP contribution in [0.3, 0.4) is 0 Å². The standard InChI is InChI=1S/C22H26FN3O/c1-25-11-13-26(14-12-25)24-22(27)20-10-9-17(23)15-21(20)19-8-4-6-16-5-2-3-7-18(16)19/h2-10,17,20-21H,11-15H2,1H3,(H,24,27). The average molecular weight is 367 g/mol. The van der Waals surface area contributed by atoms with E-state index in [1.807, 2.05) is 29.3 Å². The molecule has 1 amide bonds. The molecule has 27 heavy (non-hydrogen) atoms. The third kappa shape index (κ3) is 3.89. The third-order valence-electron chi connectivity index (χ3n) is 5.74. The number of halogens is 1. The second-order valence-corrected chi connectivity index (χ2v) is 7.60. The van der Waals surface area contributed by atoms with Crippen molar-refractivity contribution in [3.05, 3.63) is 60.2 Å². The number of carbonyl (C=O) groups is 1. The molecule has 3 unspecified atom stereocenters. The van der Waals surface area contributed by atoms with Gasteiger partial charge in [0.25, 0.3) is 0 Å². The van der Waals surface area contributed by atoms with Crippen molar-refractivity contribution in [3.8, 4) is 0 Å². The Hall–Kier alpha value is -2.24. The van der Waals surface area contributed by atoms with E-state index in [4.69, 9.17) is 0 Å². The van der Waals surface area contributed by atoms with Crippen LogP contribution >= 0.6 is 0 Å². The maximum atomic E-state index is 14.2. The summed E-state index contributed by atoms with van der Waals surface area (Å²) in [5.74, 6) is -0.563. The summed E-state index contributed by atoms with van der Waals surface area (Å²) in [5, 5.41) is 4.21. The molecule has 1 saturated heterocycles. The monoisotopic (exact) mass is 367 g/mol. The molecule has 0 spiro atoms. The zero-order chi connectivity index (χ0) is 18.8. The molecule has 0 radical (unpaired) electrons. The lowest BCUT2D eigenvalue weighted by Gasteiger charge is -2.35. The maximum absolute atomic E-state index is 14.2. The van der Waals surface area contributed by atoms with E-state index in [0.29, 0.717) is 6.42 Å². The number of benzene rings is 2. The second-order valence-electron chi connectivity index (χ2n) is 7.60. The van der Waals surface area contributed by atoms with E-state index >= 15 is 0 Å². The Bertz CT molecular complexity index is 839. The number of hydrogen-bond acceptors (Lipinski definition) is 3. The predicted octanol–water partition coefficient (Wildman–Crippen LogP) is 3.12. The summed E-state index contributed by atoms with van der Waals surface area (Å²) in [6.45, 7) is 3.48. The Balaban J connectivity index is 1.60. The zero-order valence-electron chi connectivity index (χ0n) is 15.6. The van der Waals surface area contributed by atoms with Gasteiger partial charge in [0.15, 0.2) is 0 Å². The van der Waals surface area contributed by atoms with Crippen LogP contribution in [0, 0.1) is 5.92 Å². The number of piperazine rings is 1. The maximum Gasteiger partial charge on any atom is 0.241 e. The summed E-state index contributed by atoms with van der Waals surface area (Å²) in [6.07, 6.45) is 2.62. The number of carbonyl (C=O) groups excluding carboxylic acids is 1. The number of fused-ring (bicyclic) bond motifs is 1. The Morgan fingerprint density at radius 2 is 1.78 bits per heavy atom. The van der Waals surface area contributed by atoms with Crippen LogP contribution in [-0.2, 0) is 4.79 Å². The molecule has 1 aliphatic carbocycles. The summed E-state index contributed by atoms with van der Waals surface area (Å²) in [4.78, 5) is 15.3. The molecule has 5 heteroatoms. The first-order chi connectivity index (χ1) is 13.1. The quantitative estimate of drug-likeness (QED) is 0.847. The van der Waals surface area contributed by atoms with E-state index in [1.165, 1.54) is 6.08 Å². The first kappa shape index (κ1) is 18.1. The number of amides is 1. The van der Waals surface area contributed by atoms with Gasteiger partial charge in [-0.3, -0.25) is 10.2 Å². The molecule has 1 fully saturated rings. The molecule has 2 aromatic carbocycles. The van der Waals surface area contributed by atoms with E-state index in [-0.39, 0.29) is 17.7 Å². The molecule has 0 bridgehead atoms. The number of likely N-dealkylation sites (N-methyl/N-ethyl adjacent to an activating group) is 1. The highest BCUT2D eigenvalue weighted by Gasteiger charge is 2.34. The van der Waals surface area contributed by atoms with Crippen molar-refractivity contribution in [3.63, 3.8) is 0 Å². The molecule has 142 valence electrons. The molecular weight excluding hydrogens is 341 g/mol. The van der Waals surface area contributed by atoms with E-state index in [0.717, 1.165) is 42.5 Å². The summed E-state index contributed by atoms with van der Waals surface area (Å²) in [6, 6.07) is 14.2. The van der Waals surface area contributed by atoms with E-state index in [2.05, 4.69) is 35.6 Å². The van der Waals surface area contributed by atoms with Crippen LogP contribution in [-0.4, -0.2) is 55.2 Å². The lowest BCUT2D eigenvalue weighted by Crippen LogP contribution is -2.54. The van der Waals surface area contributed by atoms with Crippen molar-refractivity contribution in [2.75, 3.05) is 33.2 Å². The Morgan fingerprint density at radius 3 is 2.59 bits per heavy atom. The molecule has 0 saturated carbocycles. The number of hydrogen-bond donors (Lipinski definition) is 1. The highest BCUT2D eigenvalue weighted by molar-refractivity contribution is 5.88. The van der Waals surface area contributed by atoms with Crippen molar-refractivity contribution in [1.82, 2.24) is 15.3 Å². The van der Waals surface area contributed by atoms with E-state index in [1.54, 1.807) is 6.08 Å². The summed E-state index contributed by atoms with van der Waals surface area (Å²) < 4.78 is 14.2. The van der Waals surface area contributed by atoms with E-state index in [9.17, 15) is 9.18 Å². The zero-order valence-corrected chi connectivity index (χ0v) is 15.6. The van der Waals surface area contributed by atoms with Gasteiger partial charge >= 0.3 is 0 Å². The van der Waals surface area contributed by atoms with E-state index < -0.39 is 6.17 Å². The minimum Gasteiger partial charge on any atom is -0.304 e. The van der Waals surface area contributed by atoms with Crippen LogP contribution < -0.4 is 5.43 Å². The fraction of sp³-hybridized carbons (Fsp3) is 0.409. The molecule has 2 aromatic rings. The molecule has 1 N–H and O–H groups in total. The average Bonchev–Trinajstić information content (AvgIpc) is 2.69. The second kappa shape index (κ2) is 7.79. The molecule has 3 atom stereocenters. The number of alkyl halides is 1. The van der Waals surface area contributed by atoms with Gasteiger partial charge in [0.2, 0.25) is 5.91 Å². The number of hydrazine groups is 1. The number of rotatable bonds is 3. The first-order valence-electron chi connectivity index (χ1n) is 9.66. The number of nitrogens with zero attached hydrogens (tertiary/aromatic N) is 2. The van der Waals surface area contributed by atoms with Gasteiger partial charge in [-0.25, -0.2) is 9.40 Å². The summed E-state index contributed by atoms with van der Waals surface area (Å²) in [5.41, 5.74) is 4.12. The predicted molar refractivity (Wildman–Crippen MR) is 106 cm³/mol. The van der Waals surface area contributed by atoms with Gasteiger partial charge in [-0.2, -0.15) is 0 Å². The van der Waals surface area contributed by atoms with Gasteiger partial charge in [0.1, 0.15) is 6.17 Å². The van der Waals surface area contributed by atoms with Gasteiger partial charge in [0.05, 0.1) is 5.92 Å². The molecule has 2 aliphatic rings. The first-order valence-corrected chi connectivity index (χ1v) is 9.66. The normalized spacial score (nSPS) is 27.0. The van der Waals surface area contributed by atoms with Crippen molar-refractivity contribution >= 4 is 16.7 Å². The van der Waals surface area contributed by atoms with Gasteiger partial charge in [-0.05, 0) is 29.8 Å². The van der Waals surface area contributed by atoms with Crippen LogP contribution in [0.4, 0.5) is 4.39 Å². The van der Waals surface area contributed by atoms with Crippen LogP contribution in [0.5, 0.6) is 0 Å².